The first-order valence-corrected chi connectivity index (χ1v) is 11.2. The fraction of sp³-hybridized carbons (Fsp3) is 0.346. The molecule has 0 spiro atoms. The number of aromatic nitrogens is 1. The van der Waals surface area contributed by atoms with E-state index < -0.39 is 6.09 Å². The largest absolute Gasteiger partial charge is 0.465 e. The molecule has 0 atom stereocenters. The number of fused-ring (bicyclic) bond motifs is 1. The zero-order valence-electron chi connectivity index (χ0n) is 19.5. The summed E-state index contributed by atoms with van der Waals surface area (Å²) in [5.41, 5.74) is 3.05. The van der Waals surface area contributed by atoms with Gasteiger partial charge in [0.1, 0.15) is 0 Å². The SMILES string of the molecule is CC(C)Cn1c(CNC(=O)O)c(-c2ccccc2)c2cc(CNC(=O)C(C)C)ccc2c1=O. The minimum absolute atomic E-state index is 0.00573. The number of benzene rings is 2. The molecule has 1 heterocycles. The molecule has 0 saturated heterocycles. The van der Waals surface area contributed by atoms with E-state index >= 15 is 0 Å². The maximum Gasteiger partial charge on any atom is 0.404 e. The molecule has 0 saturated carbocycles. The average molecular weight is 450 g/mol. The van der Waals surface area contributed by atoms with Crippen molar-refractivity contribution in [1.82, 2.24) is 15.2 Å². The summed E-state index contributed by atoms with van der Waals surface area (Å²) in [4.78, 5) is 36.9. The molecule has 2 aromatic carbocycles. The standard InChI is InChI=1S/C26H31N3O4/c1-16(2)15-29-22(14-28-26(32)33)23(19-8-6-5-7-9-19)21-12-18(10-11-20(21)25(29)31)13-27-24(30)17(3)4/h5-12,16-17,28H,13-15H2,1-4H3,(H,27,30)(H,32,33). The lowest BCUT2D eigenvalue weighted by atomic mass is 9.94. The number of hydrogen-bond acceptors (Lipinski definition) is 3. The van der Waals surface area contributed by atoms with Gasteiger partial charge in [0.25, 0.3) is 5.56 Å². The highest BCUT2D eigenvalue weighted by Gasteiger charge is 2.20. The molecule has 7 heteroatoms. The van der Waals surface area contributed by atoms with Gasteiger partial charge in [-0.25, -0.2) is 4.79 Å². The van der Waals surface area contributed by atoms with Crippen LogP contribution in [0.3, 0.4) is 0 Å². The van der Waals surface area contributed by atoms with Crippen LogP contribution in [0, 0.1) is 11.8 Å². The first kappa shape index (κ1) is 24.0. The second-order valence-corrected chi connectivity index (χ2v) is 8.91. The fourth-order valence-corrected chi connectivity index (χ4v) is 3.87. The Morgan fingerprint density at radius 2 is 1.64 bits per heavy atom. The third kappa shape index (κ3) is 5.61. The second kappa shape index (κ2) is 10.3. The maximum atomic E-state index is 13.5. The molecule has 0 unspecified atom stereocenters. The lowest BCUT2D eigenvalue weighted by Crippen LogP contribution is -2.31. The molecule has 174 valence electrons. The number of amides is 2. The van der Waals surface area contributed by atoms with Crippen molar-refractivity contribution in [2.45, 2.75) is 47.3 Å². The topological polar surface area (TPSA) is 100 Å². The van der Waals surface area contributed by atoms with Gasteiger partial charge in [0, 0.05) is 35.7 Å². The van der Waals surface area contributed by atoms with Crippen LogP contribution in [0.4, 0.5) is 4.79 Å². The molecule has 0 aliphatic carbocycles. The molecule has 3 N–H and O–H groups in total. The highest BCUT2D eigenvalue weighted by atomic mass is 16.4. The van der Waals surface area contributed by atoms with Crippen molar-refractivity contribution < 1.29 is 14.7 Å². The van der Waals surface area contributed by atoms with Gasteiger partial charge >= 0.3 is 6.09 Å². The summed E-state index contributed by atoms with van der Waals surface area (Å²) < 4.78 is 1.69. The van der Waals surface area contributed by atoms with Gasteiger partial charge in [-0.1, -0.05) is 64.1 Å². The first-order valence-electron chi connectivity index (χ1n) is 11.2. The molecule has 0 fully saturated rings. The zero-order chi connectivity index (χ0) is 24.1. The minimum atomic E-state index is -1.15. The normalized spacial score (nSPS) is 11.2. The summed E-state index contributed by atoms with van der Waals surface area (Å²) in [6.07, 6.45) is -1.15. The number of carboxylic acid groups (broad SMARTS) is 1. The number of pyridine rings is 1. The van der Waals surface area contributed by atoms with Crippen molar-refractivity contribution in [3.63, 3.8) is 0 Å². The monoisotopic (exact) mass is 449 g/mol. The van der Waals surface area contributed by atoms with Gasteiger partial charge in [-0.05, 0) is 34.6 Å². The highest BCUT2D eigenvalue weighted by molar-refractivity contribution is 5.98. The highest BCUT2D eigenvalue weighted by Crippen LogP contribution is 2.32. The van der Waals surface area contributed by atoms with E-state index in [1.165, 1.54) is 0 Å². The van der Waals surface area contributed by atoms with E-state index in [9.17, 15) is 19.5 Å². The summed E-state index contributed by atoms with van der Waals surface area (Å²) in [5.74, 6) is 0.0252. The Kier molecular flexibility index (Phi) is 7.53. The van der Waals surface area contributed by atoms with E-state index in [-0.39, 0.29) is 29.8 Å². The van der Waals surface area contributed by atoms with Crippen LogP contribution in [0.25, 0.3) is 21.9 Å². The fourth-order valence-electron chi connectivity index (χ4n) is 3.87. The lowest BCUT2D eigenvalue weighted by Gasteiger charge is -2.22. The molecule has 33 heavy (non-hydrogen) atoms. The van der Waals surface area contributed by atoms with Crippen molar-refractivity contribution in [3.05, 3.63) is 70.1 Å². The molecule has 3 rings (SSSR count). The molecule has 7 nitrogen and oxygen atoms in total. The van der Waals surface area contributed by atoms with E-state index in [1.54, 1.807) is 10.6 Å². The molecule has 0 radical (unpaired) electrons. The van der Waals surface area contributed by atoms with Crippen LogP contribution in [0.5, 0.6) is 0 Å². The molecule has 0 bridgehead atoms. The summed E-state index contributed by atoms with van der Waals surface area (Å²) in [5, 5.41) is 15.9. The van der Waals surface area contributed by atoms with Crippen LogP contribution in [-0.2, 0) is 24.4 Å². The van der Waals surface area contributed by atoms with E-state index in [2.05, 4.69) is 10.6 Å². The Morgan fingerprint density at radius 1 is 0.939 bits per heavy atom. The van der Waals surface area contributed by atoms with Crippen molar-refractivity contribution >= 4 is 22.8 Å². The van der Waals surface area contributed by atoms with Crippen LogP contribution >= 0.6 is 0 Å². The Hall–Kier alpha value is -3.61. The molecule has 1 aromatic heterocycles. The zero-order valence-corrected chi connectivity index (χ0v) is 19.5. The third-order valence-corrected chi connectivity index (χ3v) is 5.45. The maximum absolute atomic E-state index is 13.5. The number of nitrogens with one attached hydrogen (secondary N) is 2. The predicted molar refractivity (Wildman–Crippen MR) is 130 cm³/mol. The Labute approximate surface area is 193 Å². The molecule has 0 aliphatic rings. The summed E-state index contributed by atoms with van der Waals surface area (Å²) in [6.45, 7) is 8.54. The van der Waals surface area contributed by atoms with Crippen LogP contribution in [0.15, 0.2) is 53.3 Å². The van der Waals surface area contributed by atoms with Crippen LogP contribution < -0.4 is 16.2 Å². The Morgan fingerprint density at radius 3 is 2.24 bits per heavy atom. The quantitative estimate of drug-likeness (QED) is 0.476. The van der Waals surface area contributed by atoms with Crippen molar-refractivity contribution in [1.29, 1.82) is 0 Å². The molecule has 2 amide bonds. The average Bonchev–Trinajstić information content (AvgIpc) is 2.78. The van der Waals surface area contributed by atoms with E-state index in [0.717, 1.165) is 22.1 Å². The molecular weight excluding hydrogens is 418 g/mol. The summed E-state index contributed by atoms with van der Waals surface area (Å²) in [6, 6.07) is 15.2. The summed E-state index contributed by atoms with van der Waals surface area (Å²) in [7, 11) is 0. The smallest absolute Gasteiger partial charge is 0.404 e. The number of rotatable bonds is 8. The number of nitrogens with zero attached hydrogens (tertiary/aromatic N) is 1. The Bertz CT molecular complexity index is 1210. The second-order valence-electron chi connectivity index (χ2n) is 8.91. The first-order chi connectivity index (χ1) is 15.7. The lowest BCUT2D eigenvalue weighted by molar-refractivity contribution is -0.124. The minimum Gasteiger partial charge on any atom is -0.465 e. The van der Waals surface area contributed by atoms with Crippen molar-refractivity contribution in [2.75, 3.05) is 0 Å². The van der Waals surface area contributed by atoms with Gasteiger partial charge < -0.3 is 20.3 Å². The van der Waals surface area contributed by atoms with Crippen molar-refractivity contribution in [3.8, 4) is 11.1 Å². The van der Waals surface area contributed by atoms with Gasteiger partial charge in [0.05, 0.1) is 6.54 Å². The van der Waals surface area contributed by atoms with Gasteiger partial charge in [-0.15, -0.1) is 0 Å². The van der Waals surface area contributed by atoms with Crippen LogP contribution in [0.2, 0.25) is 0 Å². The van der Waals surface area contributed by atoms with E-state index in [1.807, 2.05) is 70.2 Å². The van der Waals surface area contributed by atoms with E-state index in [0.29, 0.717) is 24.2 Å². The van der Waals surface area contributed by atoms with Gasteiger partial charge in [0.2, 0.25) is 5.91 Å². The molecule has 3 aromatic rings. The molecule has 0 aliphatic heterocycles. The number of carbonyl (C=O) groups is 2. The van der Waals surface area contributed by atoms with Crippen LogP contribution in [-0.4, -0.2) is 21.7 Å². The summed E-state index contributed by atoms with van der Waals surface area (Å²) >= 11 is 0. The number of hydrogen-bond donors (Lipinski definition) is 3. The van der Waals surface area contributed by atoms with Crippen molar-refractivity contribution in [2.24, 2.45) is 11.8 Å². The molecular formula is C26H31N3O4. The third-order valence-electron chi connectivity index (χ3n) is 5.45. The van der Waals surface area contributed by atoms with Crippen LogP contribution in [0.1, 0.15) is 39.0 Å². The Balaban J connectivity index is 2.28. The van der Waals surface area contributed by atoms with Gasteiger partial charge in [0.15, 0.2) is 0 Å². The van der Waals surface area contributed by atoms with Gasteiger partial charge in [-0.3, -0.25) is 9.59 Å². The predicted octanol–water partition coefficient (Wildman–Crippen LogP) is 4.36. The number of carbonyl (C=O) groups excluding carboxylic acids is 1. The van der Waals surface area contributed by atoms with Gasteiger partial charge in [-0.2, -0.15) is 0 Å². The van der Waals surface area contributed by atoms with E-state index in [4.69, 9.17) is 0 Å².